The number of pyridine rings is 1. The number of carbonyl (C=O) groups excluding carboxylic acids is 1. The fourth-order valence-corrected chi connectivity index (χ4v) is 2.99. The van der Waals surface area contributed by atoms with E-state index in [9.17, 15) is 4.79 Å². The van der Waals surface area contributed by atoms with E-state index >= 15 is 0 Å². The fraction of sp³-hybridized carbons (Fsp3) is 0.429. The first kappa shape index (κ1) is 18.4. The largest absolute Gasteiger partial charge is 0.353 e. The molecule has 2 aromatic rings. The summed E-state index contributed by atoms with van der Waals surface area (Å²) in [5.41, 5.74) is 2.04. The first-order chi connectivity index (χ1) is 12.4. The molecule has 0 aliphatic carbocycles. The van der Waals surface area contributed by atoms with Crippen LogP contribution in [0.15, 0.2) is 48.7 Å². The summed E-state index contributed by atoms with van der Waals surface area (Å²) < 4.78 is 0. The molecular formula is C21H28N4O. The van der Waals surface area contributed by atoms with Crippen LogP contribution in [0.3, 0.4) is 0 Å². The van der Waals surface area contributed by atoms with Crippen molar-refractivity contribution in [3.05, 3.63) is 59.8 Å². The van der Waals surface area contributed by atoms with Crippen LogP contribution < -0.4 is 10.2 Å². The zero-order chi connectivity index (χ0) is 18.6. The molecule has 0 radical (unpaired) electrons. The smallest absolute Gasteiger partial charge is 0.253 e. The Morgan fingerprint density at radius 3 is 2.31 bits per heavy atom. The summed E-state index contributed by atoms with van der Waals surface area (Å²) in [4.78, 5) is 21.3. The minimum atomic E-state index is 0.0851. The maximum Gasteiger partial charge on any atom is 0.253 e. The van der Waals surface area contributed by atoms with E-state index in [1.807, 2.05) is 53.6 Å². The number of amides is 1. The van der Waals surface area contributed by atoms with Crippen LogP contribution >= 0.6 is 0 Å². The summed E-state index contributed by atoms with van der Waals surface area (Å²) in [6.45, 7) is 10.3. The Kier molecular flexibility index (Phi) is 5.57. The van der Waals surface area contributed by atoms with Crippen molar-refractivity contribution < 1.29 is 4.79 Å². The third-order valence-corrected chi connectivity index (χ3v) is 4.56. The second kappa shape index (κ2) is 7.87. The van der Waals surface area contributed by atoms with Gasteiger partial charge in [0.05, 0.1) is 0 Å². The predicted octanol–water partition coefficient (Wildman–Crippen LogP) is 2.93. The van der Waals surface area contributed by atoms with Crippen molar-refractivity contribution in [3.8, 4) is 0 Å². The molecule has 1 aliphatic rings. The summed E-state index contributed by atoms with van der Waals surface area (Å²) >= 11 is 0. The second-order valence-electron chi connectivity index (χ2n) is 7.77. The van der Waals surface area contributed by atoms with Gasteiger partial charge in [-0.3, -0.25) is 4.79 Å². The standard InChI is InChI=1S/C21H28N4O/c1-21(2,3)23-16-17-7-9-18(10-8-17)20(26)25-14-12-24(13-15-25)19-6-4-5-11-22-19/h4-11,23H,12-16H2,1-3H3. The molecule has 2 heterocycles. The van der Waals surface area contributed by atoms with Gasteiger partial charge < -0.3 is 15.1 Å². The summed E-state index contributed by atoms with van der Waals surface area (Å²) in [7, 11) is 0. The van der Waals surface area contributed by atoms with E-state index in [1.54, 1.807) is 0 Å². The molecule has 5 heteroatoms. The molecule has 1 fully saturated rings. The van der Waals surface area contributed by atoms with Gasteiger partial charge in [-0.2, -0.15) is 0 Å². The van der Waals surface area contributed by atoms with E-state index in [0.717, 1.165) is 44.1 Å². The molecule has 1 saturated heterocycles. The highest BCUT2D eigenvalue weighted by atomic mass is 16.2. The van der Waals surface area contributed by atoms with E-state index in [4.69, 9.17) is 0 Å². The normalized spacial score (nSPS) is 15.2. The van der Waals surface area contributed by atoms with Gasteiger partial charge >= 0.3 is 0 Å². The molecule has 1 N–H and O–H groups in total. The molecule has 26 heavy (non-hydrogen) atoms. The summed E-state index contributed by atoms with van der Waals surface area (Å²) in [6.07, 6.45) is 1.81. The number of piperazine rings is 1. The molecule has 138 valence electrons. The molecule has 5 nitrogen and oxygen atoms in total. The van der Waals surface area contributed by atoms with E-state index in [0.29, 0.717) is 0 Å². The van der Waals surface area contributed by atoms with E-state index in [2.05, 4.69) is 36.0 Å². The number of anilines is 1. The van der Waals surface area contributed by atoms with Gasteiger partial charge in [0, 0.05) is 50.0 Å². The van der Waals surface area contributed by atoms with Crippen molar-refractivity contribution in [1.82, 2.24) is 15.2 Å². The summed E-state index contributed by atoms with van der Waals surface area (Å²) in [5, 5.41) is 3.46. The topological polar surface area (TPSA) is 48.5 Å². The quantitative estimate of drug-likeness (QED) is 0.919. The third kappa shape index (κ3) is 4.82. The zero-order valence-corrected chi connectivity index (χ0v) is 15.9. The molecule has 0 unspecified atom stereocenters. The first-order valence-corrected chi connectivity index (χ1v) is 9.22. The SMILES string of the molecule is CC(C)(C)NCc1ccc(C(=O)N2CCN(c3ccccn3)CC2)cc1. The van der Waals surface area contributed by atoms with Crippen LogP contribution in [-0.2, 0) is 6.54 Å². The van der Waals surface area contributed by atoms with Crippen LogP contribution in [-0.4, -0.2) is 47.5 Å². The number of nitrogens with zero attached hydrogens (tertiary/aromatic N) is 3. The highest BCUT2D eigenvalue weighted by Crippen LogP contribution is 2.15. The number of hydrogen-bond donors (Lipinski definition) is 1. The van der Waals surface area contributed by atoms with Gasteiger partial charge in [-0.05, 0) is 50.6 Å². The molecule has 0 bridgehead atoms. The lowest BCUT2D eigenvalue weighted by Crippen LogP contribution is -2.49. The van der Waals surface area contributed by atoms with Crippen LogP contribution in [0.25, 0.3) is 0 Å². The summed E-state index contributed by atoms with van der Waals surface area (Å²) in [5.74, 6) is 1.09. The van der Waals surface area contributed by atoms with Gasteiger partial charge in [-0.25, -0.2) is 4.98 Å². The number of nitrogens with one attached hydrogen (secondary N) is 1. The molecule has 3 rings (SSSR count). The Hall–Kier alpha value is -2.40. The predicted molar refractivity (Wildman–Crippen MR) is 105 cm³/mol. The first-order valence-electron chi connectivity index (χ1n) is 9.22. The second-order valence-corrected chi connectivity index (χ2v) is 7.77. The van der Waals surface area contributed by atoms with Crippen LogP contribution in [0.1, 0.15) is 36.7 Å². The van der Waals surface area contributed by atoms with Crippen LogP contribution in [0.4, 0.5) is 5.82 Å². The van der Waals surface area contributed by atoms with Gasteiger partial charge in [0.25, 0.3) is 5.91 Å². The molecule has 1 aliphatic heterocycles. The van der Waals surface area contributed by atoms with Crippen LogP contribution in [0, 0.1) is 0 Å². The van der Waals surface area contributed by atoms with Crippen molar-refractivity contribution in [2.45, 2.75) is 32.9 Å². The average molecular weight is 352 g/mol. The fourth-order valence-electron chi connectivity index (χ4n) is 2.99. The lowest BCUT2D eigenvalue weighted by molar-refractivity contribution is 0.0746. The Labute approximate surface area is 156 Å². The van der Waals surface area contributed by atoms with Gasteiger partial charge in [-0.15, -0.1) is 0 Å². The molecule has 0 spiro atoms. The number of benzene rings is 1. The molecule has 0 saturated carbocycles. The lowest BCUT2D eigenvalue weighted by atomic mass is 10.1. The van der Waals surface area contributed by atoms with E-state index in [1.165, 1.54) is 5.56 Å². The zero-order valence-electron chi connectivity index (χ0n) is 15.9. The number of rotatable bonds is 4. The minimum Gasteiger partial charge on any atom is -0.353 e. The van der Waals surface area contributed by atoms with E-state index < -0.39 is 0 Å². The third-order valence-electron chi connectivity index (χ3n) is 4.56. The monoisotopic (exact) mass is 352 g/mol. The van der Waals surface area contributed by atoms with E-state index in [-0.39, 0.29) is 11.4 Å². The van der Waals surface area contributed by atoms with Gasteiger partial charge in [0.1, 0.15) is 5.82 Å². The minimum absolute atomic E-state index is 0.0851. The Morgan fingerprint density at radius 1 is 1.04 bits per heavy atom. The number of aromatic nitrogens is 1. The van der Waals surface area contributed by atoms with Gasteiger partial charge in [-0.1, -0.05) is 18.2 Å². The highest BCUT2D eigenvalue weighted by molar-refractivity contribution is 5.94. The van der Waals surface area contributed by atoms with Crippen molar-refractivity contribution in [1.29, 1.82) is 0 Å². The number of carbonyl (C=O) groups is 1. The molecular weight excluding hydrogens is 324 g/mol. The lowest BCUT2D eigenvalue weighted by Gasteiger charge is -2.35. The maximum absolute atomic E-state index is 12.7. The van der Waals surface area contributed by atoms with Gasteiger partial charge in [0.2, 0.25) is 0 Å². The van der Waals surface area contributed by atoms with Crippen molar-refractivity contribution in [3.63, 3.8) is 0 Å². The molecule has 1 aromatic carbocycles. The number of hydrogen-bond acceptors (Lipinski definition) is 4. The van der Waals surface area contributed by atoms with Crippen LogP contribution in [0.5, 0.6) is 0 Å². The van der Waals surface area contributed by atoms with Gasteiger partial charge in [0.15, 0.2) is 0 Å². The molecule has 1 aromatic heterocycles. The highest BCUT2D eigenvalue weighted by Gasteiger charge is 2.22. The Bertz CT molecular complexity index is 714. The van der Waals surface area contributed by atoms with Crippen molar-refractivity contribution >= 4 is 11.7 Å². The maximum atomic E-state index is 12.7. The van der Waals surface area contributed by atoms with Crippen LogP contribution in [0.2, 0.25) is 0 Å². The van der Waals surface area contributed by atoms with Crippen molar-refractivity contribution in [2.24, 2.45) is 0 Å². The Balaban J connectivity index is 1.55. The van der Waals surface area contributed by atoms with Crippen molar-refractivity contribution in [2.75, 3.05) is 31.1 Å². The molecule has 0 atom stereocenters. The average Bonchev–Trinajstić information content (AvgIpc) is 2.66. The summed E-state index contributed by atoms with van der Waals surface area (Å²) in [6, 6.07) is 13.9. The molecule has 1 amide bonds. The Morgan fingerprint density at radius 2 is 1.73 bits per heavy atom.